The highest BCUT2D eigenvalue weighted by molar-refractivity contribution is 5.95. The van der Waals surface area contributed by atoms with Gasteiger partial charge in [-0.3, -0.25) is 5.41 Å². The van der Waals surface area contributed by atoms with Gasteiger partial charge in [0, 0.05) is 12.2 Å². The Morgan fingerprint density at radius 3 is 3.12 bits per heavy atom. The highest BCUT2D eigenvalue weighted by Gasteiger charge is 2.15. The van der Waals surface area contributed by atoms with Crippen LogP contribution in [0.5, 0.6) is 0 Å². The summed E-state index contributed by atoms with van der Waals surface area (Å²) in [5, 5.41) is 7.35. The van der Waals surface area contributed by atoms with Crippen LogP contribution in [0.4, 0.5) is 0 Å². The lowest BCUT2D eigenvalue weighted by atomic mass is 10.1. The molecular formula is C12H16N2O2. The quantitative estimate of drug-likeness (QED) is 0.593. The van der Waals surface area contributed by atoms with E-state index in [1.807, 2.05) is 24.3 Å². The number of rotatable bonds is 4. The second kappa shape index (κ2) is 5.09. The van der Waals surface area contributed by atoms with Crippen LogP contribution in [0, 0.1) is 5.41 Å². The molecule has 0 bridgehead atoms. The minimum absolute atomic E-state index is 0.0889. The number of nitrogen functional groups attached to an aromatic ring is 1. The number of nitrogens with two attached hydrogens (primary N) is 1. The summed E-state index contributed by atoms with van der Waals surface area (Å²) in [5.41, 5.74) is 7.20. The van der Waals surface area contributed by atoms with Crippen LogP contribution in [0.1, 0.15) is 17.5 Å². The van der Waals surface area contributed by atoms with Gasteiger partial charge in [0.2, 0.25) is 0 Å². The van der Waals surface area contributed by atoms with Crippen molar-refractivity contribution in [3.63, 3.8) is 0 Å². The van der Waals surface area contributed by atoms with Gasteiger partial charge in [0.05, 0.1) is 19.3 Å². The lowest BCUT2D eigenvalue weighted by molar-refractivity contribution is 0.0317. The first kappa shape index (κ1) is 11.1. The number of hydrogen-bond acceptors (Lipinski definition) is 3. The third-order valence-corrected chi connectivity index (χ3v) is 2.61. The predicted octanol–water partition coefficient (Wildman–Crippen LogP) is 1.28. The molecule has 1 saturated heterocycles. The van der Waals surface area contributed by atoms with Crippen LogP contribution >= 0.6 is 0 Å². The van der Waals surface area contributed by atoms with Gasteiger partial charge in [-0.1, -0.05) is 18.2 Å². The first-order valence-electron chi connectivity index (χ1n) is 5.38. The average molecular weight is 220 g/mol. The maximum atomic E-state index is 7.35. The van der Waals surface area contributed by atoms with Crippen molar-refractivity contribution in [1.82, 2.24) is 0 Å². The number of ether oxygens (including phenoxy) is 2. The molecule has 0 amide bonds. The zero-order chi connectivity index (χ0) is 11.4. The summed E-state index contributed by atoms with van der Waals surface area (Å²) in [4.78, 5) is 0. The smallest absolute Gasteiger partial charge is 0.122 e. The zero-order valence-corrected chi connectivity index (χ0v) is 9.11. The van der Waals surface area contributed by atoms with Gasteiger partial charge in [-0.05, 0) is 18.1 Å². The van der Waals surface area contributed by atoms with E-state index in [0.717, 1.165) is 24.2 Å². The molecule has 1 fully saturated rings. The summed E-state index contributed by atoms with van der Waals surface area (Å²) >= 11 is 0. The van der Waals surface area contributed by atoms with Crippen LogP contribution in [-0.4, -0.2) is 25.2 Å². The third kappa shape index (κ3) is 2.81. The monoisotopic (exact) mass is 220 g/mol. The number of hydrogen-bond donors (Lipinski definition) is 2. The van der Waals surface area contributed by atoms with Gasteiger partial charge in [0.1, 0.15) is 5.84 Å². The standard InChI is InChI=1S/C12H16N2O2/c13-12(14)10-3-1-2-9(6-10)7-16-11-4-5-15-8-11/h1-3,6,11H,4-5,7-8H2,(H3,13,14). The van der Waals surface area contributed by atoms with Gasteiger partial charge < -0.3 is 15.2 Å². The minimum atomic E-state index is 0.0889. The molecule has 4 heteroatoms. The van der Waals surface area contributed by atoms with E-state index in [4.69, 9.17) is 20.6 Å². The van der Waals surface area contributed by atoms with Crippen LogP contribution in [0.15, 0.2) is 24.3 Å². The van der Waals surface area contributed by atoms with E-state index in [1.165, 1.54) is 0 Å². The van der Waals surface area contributed by atoms with E-state index in [1.54, 1.807) is 0 Å². The van der Waals surface area contributed by atoms with Crippen molar-refractivity contribution in [2.45, 2.75) is 19.1 Å². The lowest BCUT2D eigenvalue weighted by Crippen LogP contribution is -2.13. The SMILES string of the molecule is N=C(N)c1cccc(COC2CCOC2)c1. The summed E-state index contributed by atoms with van der Waals surface area (Å²) in [6, 6.07) is 7.57. The molecule has 1 aliphatic heterocycles. The highest BCUT2D eigenvalue weighted by Crippen LogP contribution is 2.12. The lowest BCUT2D eigenvalue weighted by Gasteiger charge is -2.10. The molecule has 1 aromatic rings. The Labute approximate surface area is 94.9 Å². The first-order chi connectivity index (χ1) is 7.75. The van der Waals surface area contributed by atoms with Crippen molar-refractivity contribution in [3.05, 3.63) is 35.4 Å². The number of nitrogens with one attached hydrogen (secondary N) is 1. The molecule has 1 unspecified atom stereocenters. The first-order valence-corrected chi connectivity index (χ1v) is 5.38. The molecule has 1 atom stereocenters. The fraction of sp³-hybridized carbons (Fsp3) is 0.417. The Kier molecular flexibility index (Phi) is 3.54. The van der Waals surface area contributed by atoms with Crippen molar-refractivity contribution in [1.29, 1.82) is 5.41 Å². The fourth-order valence-electron chi connectivity index (χ4n) is 1.69. The summed E-state index contributed by atoms with van der Waals surface area (Å²) in [5.74, 6) is 0.0889. The summed E-state index contributed by atoms with van der Waals surface area (Å²) < 4.78 is 10.9. The van der Waals surface area contributed by atoms with Crippen molar-refractivity contribution < 1.29 is 9.47 Å². The van der Waals surface area contributed by atoms with Gasteiger partial charge in [-0.15, -0.1) is 0 Å². The summed E-state index contributed by atoms with van der Waals surface area (Å²) in [6.45, 7) is 2.03. The average Bonchev–Trinajstić information content (AvgIpc) is 2.79. The Balaban J connectivity index is 1.93. The molecule has 1 heterocycles. The fourth-order valence-corrected chi connectivity index (χ4v) is 1.69. The second-order valence-electron chi connectivity index (χ2n) is 3.91. The van der Waals surface area contributed by atoms with Gasteiger partial charge in [0.15, 0.2) is 0 Å². The van der Waals surface area contributed by atoms with E-state index >= 15 is 0 Å². The summed E-state index contributed by atoms with van der Waals surface area (Å²) in [7, 11) is 0. The maximum absolute atomic E-state index is 7.35. The largest absolute Gasteiger partial charge is 0.384 e. The summed E-state index contributed by atoms with van der Waals surface area (Å²) in [6.07, 6.45) is 1.17. The Morgan fingerprint density at radius 1 is 1.56 bits per heavy atom. The van der Waals surface area contributed by atoms with Crippen LogP contribution < -0.4 is 5.73 Å². The molecule has 16 heavy (non-hydrogen) atoms. The molecule has 0 aliphatic carbocycles. The zero-order valence-electron chi connectivity index (χ0n) is 9.11. The van der Waals surface area contributed by atoms with Crippen molar-refractivity contribution in [2.24, 2.45) is 5.73 Å². The van der Waals surface area contributed by atoms with E-state index in [9.17, 15) is 0 Å². The molecular weight excluding hydrogens is 204 g/mol. The Hall–Kier alpha value is -1.39. The molecule has 3 N–H and O–H groups in total. The Bertz CT molecular complexity index is 373. The molecule has 0 saturated carbocycles. The highest BCUT2D eigenvalue weighted by atomic mass is 16.5. The molecule has 2 rings (SSSR count). The number of amidine groups is 1. The molecule has 0 radical (unpaired) electrons. The van der Waals surface area contributed by atoms with E-state index < -0.39 is 0 Å². The molecule has 4 nitrogen and oxygen atoms in total. The third-order valence-electron chi connectivity index (χ3n) is 2.61. The van der Waals surface area contributed by atoms with Crippen LogP contribution in [0.25, 0.3) is 0 Å². The van der Waals surface area contributed by atoms with Gasteiger partial charge in [-0.2, -0.15) is 0 Å². The topological polar surface area (TPSA) is 68.3 Å². The molecule has 1 aliphatic rings. The van der Waals surface area contributed by atoms with Crippen LogP contribution in [-0.2, 0) is 16.1 Å². The maximum Gasteiger partial charge on any atom is 0.122 e. The van der Waals surface area contributed by atoms with E-state index in [-0.39, 0.29) is 11.9 Å². The van der Waals surface area contributed by atoms with Gasteiger partial charge in [-0.25, -0.2) is 0 Å². The van der Waals surface area contributed by atoms with Crippen LogP contribution in [0.3, 0.4) is 0 Å². The Morgan fingerprint density at radius 2 is 2.44 bits per heavy atom. The van der Waals surface area contributed by atoms with Crippen molar-refractivity contribution in [2.75, 3.05) is 13.2 Å². The minimum Gasteiger partial charge on any atom is -0.384 e. The molecule has 0 spiro atoms. The number of benzene rings is 1. The van der Waals surface area contributed by atoms with Gasteiger partial charge in [0.25, 0.3) is 0 Å². The normalized spacial score (nSPS) is 19.9. The molecule has 1 aromatic carbocycles. The van der Waals surface area contributed by atoms with Crippen LogP contribution in [0.2, 0.25) is 0 Å². The van der Waals surface area contributed by atoms with E-state index in [0.29, 0.717) is 13.2 Å². The van der Waals surface area contributed by atoms with E-state index in [2.05, 4.69) is 0 Å². The van der Waals surface area contributed by atoms with Gasteiger partial charge >= 0.3 is 0 Å². The predicted molar refractivity (Wildman–Crippen MR) is 61.5 cm³/mol. The van der Waals surface area contributed by atoms with Crippen molar-refractivity contribution in [3.8, 4) is 0 Å². The van der Waals surface area contributed by atoms with Crippen molar-refractivity contribution >= 4 is 5.84 Å². The molecule has 86 valence electrons. The second-order valence-corrected chi connectivity index (χ2v) is 3.91. The molecule has 0 aromatic heterocycles.